The molecule has 0 bridgehead atoms. The molecule has 2 heterocycles. The van der Waals surface area contributed by atoms with Gasteiger partial charge in [-0.05, 0) is 23.3 Å². The standard InChI is InChI=1S/C27H24N6O2/c1-18(34)29-15-19-10-12-21(13-11-19)27-32-24(25-26(28)30-17-31-33(25)27)22-8-5-9-23(14-22)35-16-20-6-3-2-4-7-20/h2-14,17H,15-16H2,1H3,(H,29,34)(H2,28,30,31). The Hall–Kier alpha value is -4.72. The molecule has 0 aliphatic rings. The SMILES string of the molecule is CC(=O)NCc1ccc(-c2nc(-c3cccc(OCc4ccccc4)c3)c3c(N)ncnn23)cc1. The molecule has 174 valence electrons. The quantitative estimate of drug-likeness (QED) is 0.373. The molecule has 3 N–H and O–H groups in total. The molecule has 3 aromatic carbocycles. The summed E-state index contributed by atoms with van der Waals surface area (Å²) in [5.41, 5.74) is 11.4. The summed E-state index contributed by atoms with van der Waals surface area (Å²) in [6.07, 6.45) is 1.42. The Labute approximate surface area is 202 Å². The Kier molecular flexibility index (Phi) is 6.09. The second-order valence-electron chi connectivity index (χ2n) is 8.10. The van der Waals surface area contributed by atoms with Crippen molar-refractivity contribution in [3.05, 3.63) is 96.3 Å². The molecule has 5 aromatic rings. The van der Waals surface area contributed by atoms with Gasteiger partial charge in [0.05, 0.1) is 0 Å². The number of nitrogens with one attached hydrogen (secondary N) is 1. The second kappa shape index (κ2) is 9.64. The predicted octanol–water partition coefficient (Wildman–Crippen LogP) is 4.26. The Balaban J connectivity index is 1.49. The first-order chi connectivity index (χ1) is 17.1. The van der Waals surface area contributed by atoms with Crippen molar-refractivity contribution in [2.24, 2.45) is 0 Å². The number of nitrogen functional groups attached to an aromatic ring is 1. The first-order valence-corrected chi connectivity index (χ1v) is 11.2. The van der Waals surface area contributed by atoms with Gasteiger partial charge >= 0.3 is 0 Å². The number of carbonyl (C=O) groups excluding carboxylic acids is 1. The zero-order valence-electron chi connectivity index (χ0n) is 19.2. The summed E-state index contributed by atoms with van der Waals surface area (Å²) >= 11 is 0. The van der Waals surface area contributed by atoms with Crippen LogP contribution in [0.2, 0.25) is 0 Å². The summed E-state index contributed by atoms with van der Waals surface area (Å²) in [4.78, 5) is 20.3. The lowest BCUT2D eigenvalue weighted by atomic mass is 10.1. The fraction of sp³-hybridized carbons (Fsp3) is 0.111. The van der Waals surface area contributed by atoms with Crippen LogP contribution in [0.15, 0.2) is 85.2 Å². The highest BCUT2D eigenvalue weighted by Gasteiger charge is 2.18. The molecule has 0 atom stereocenters. The fourth-order valence-electron chi connectivity index (χ4n) is 3.82. The average Bonchev–Trinajstić information content (AvgIpc) is 3.28. The van der Waals surface area contributed by atoms with Crippen molar-refractivity contribution in [3.8, 4) is 28.4 Å². The third-order valence-electron chi connectivity index (χ3n) is 5.57. The van der Waals surface area contributed by atoms with Gasteiger partial charge in [-0.2, -0.15) is 5.10 Å². The second-order valence-corrected chi connectivity index (χ2v) is 8.10. The lowest BCUT2D eigenvalue weighted by Crippen LogP contribution is -2.18. The van der Waals surface area contributed by atoms with Crippen LogP contribution in [0.3, 0.4) is 0 Å². The van der Waals surface area contributed by atoms with Gasteiger partial charge in [-0.25, -0.2) is 14.5 Å². The summed E-state index contributed by atoms with van der Waals surface area (Å²) in [6, 6.07) is 25.6. The van der Waals surface area contributed by atoms with E-state index in [9.17, 15) is 4.79 Å². The Morgan fingerprint density at radius 2 is 1.77 bits per heavy atom. The number of ether oxygens (including phenoxy) is 1. The smallest absolute Gasteiger partial charge is 0.217 e. The van der Waals surface area contributed by atoms with E-state index < -0.39 is 0 Å². The summed E-state index contributed by atoms with van der Waals surface area (Å²) in [6.45, 7) is 2.43. The van der Waals surface area contributed by atoms with Crippen molar-refractivity contribution in [1.82, 2.24) is 24.9 Å². The molecule has 2 aromatic heterocycles. The molecule has 0 radical (unpaired) electrons. The molecule has 0 fully saturated rings. The van der Waals surface area contributed by atoms with Crippen LogP contribution in [0.25, 0.3) is 28.2 Å². The number of nitrogens with two attached hydrogens (primary N) is 1. The molecular formula is C27H24N6O2. The lowest BCUT2D eigenvalue weighted by Gasteiger charge is -2.08. The first-order valence-electron chi connectivity index (χ1n) is 11.2. The number of amides is 1. The van der Waals surface area contributed by atoms with Gasteiger partial charge in [-0.3, -0.25) is 4.79 Å². The van der Waals surface area contributed by atoms with Crippen LogP contribution >= 0.6 is 0 Å². The summed E-state index contributed by atoms with van der Waals surface area (Å²) in [7, 11) is 0. The van der Waals surface area contributed by atoms with Crippen LogP contribution in [-0.4, -0.2) is 25.5 Å². The first kappa shape index (κ1) is 22.1. The number of anilines is 1. The van der Waals surface area contributed by atoms with Crippen LogP contribution in [0, 0.1) is 0 Å². The summed E-state index contributed by atoms with van der Waals surface area (Å²) in [5.74, 6) is 1.64. The predicted molar refractivity (Wildman–Crippen MR) is 134 cm³/mol. The van der Waals surface area contributed by atoms with E-state index in [-0.39, 0.29) is 5.91 Å². The number of aromatic nitrogens is 4. The number of imidazole rings is 1. The van der Waals surface area contributed by atoms with Gasteiger partial charge in [0.2, 0.25) is 5.91 Å². The van der Waals surface area contributed by atoms with E-state index in [1.807, 2.05) is 78.9 Å². The molecule has 0 unspecified atom stereocenters. The Morgan fingerprint density at radius 3 is 2.54 bits per heavy atom. The highest BCUT2D eigenvalue weighted by Crippen LogP contribution is 2.33. The summed E-state index contributed by atoms with van der Waals surface area (Å²) in [5, 5.41) is 7.22. The third-order valence-corrected chi connectivity index (χ3v) is 5.57. The molecule has 0 spiro atoms. The molecule has 8 nitrogen and oxygen atoms in total. The van der Waals surface area contributed by atoms with E-state index in [4.69, 9.17) is 15.5 Å². The maximum atomic E-state index is 11.2. The highest BCUT2D eigenvalue weighted by molar-refractivity contribution is 5.87. The third kappa shape index (κ3) is 4.81. The Bertz CT molecular complexity index is 1480. The van der Waals surface area contributed by atoms with Gasteiger partial charge in [0, 0.05) is 24.6 Å². The molecule has 5 rings (SSSR count). The van der Waals surface area contributed by atoms with Crippen LogP contribution in [-0.2, 0) is 17.9 Å². The maximum absolute atomic E-state index is 11.2. The number of nitrogens with zero attached hydrogens (tertiary/aromatic N) is 4. The molecule has 0 saturated heterocycles. The molecule has 8 heteroatoms. The van der Waals surface area contributed by atoms with E-state index in [1.165, 1.54) is 13.3 Å². The number of benzene rings is 3. The van der Waals surface area contributed by atoms with Crippen LogP contribution < -0.4 is 15.8 Å². The van der Waals surface area contributed by atoms with Gasteiger partial charge in [0.1, 0.15) is 29.9 Å². The minimum Gasteiger partial charge on any atom is -0.489 e. The van der Waals surface area contributed by atoms with E-state index in [1.54, 1.807) is 4.52 Å². The van der Waals surface area contributed by atoms with Crippen molar-refractivity contribution in [2.75, 3.05) is 5.73 Å². The number of rotatable bonds is 7. The van der Waals surface area contributed by atoms with Crippen molar-refractivity contribution in [3.63, 3.8) is 0 Å². The van der Waals surface area contributed by atoms with Gasteiger partial charge in [0.15, 0.2) is 11.6 Å². The van der Waals surface area contributed by atoms with Crippen LogP contribution in [0.5, 0.6) is 5.75 Å². The van der Waals surface area contributed by atoms with Crippen molar-refractivity contribution >= 4 is 17.2 Å². The van der Waals surface area contributed by atoms with Gasteiger partial charge in [-0.1, -0.05) is 66.7 Å². The molecule has 0 aliphatic carbocycles. The van der Waals surface area contributed by atoms with Crippen LogP contribution in [0.4, 0.5) is 5.82 Å². The maximum Gasteiger partial charge on any atom is 0.217 e. The topological polar surface area (TPSA) is 107 Å². The zero-order valence-corrected chi connectivity index (χ0v) is 19.2. The van der Waals surface area contributed by atoms with Crippen molar-refractivity contribution in [2.45, 2.75) is 20.1 Å². The molecule has 0 saturated carbocycles. The number of hydrogen-bond donors (Lipinski definition) is 2. The monoisotopic (exact) mass is 464 g/mol. The number of carbonyl (C=O) groups is 1. The zero-order chi connectivity index (χ0) is 24.2. The van der Waals surface area contributed by atoms with Crippen molar-refractivity contribution in [1.29, 1.82) is 0 Å². The normalized spacial score (nSPS) is 10.9. The van der Waals surface area contributed by atoms with Gasteiger partial charge < -0.3 is 15.8 Å². The van der Waals surface area contributed by atoms with E-state index >= 15 is 0 Å². The van der Waals surface area contributed by atoms with E-state index in [0.29, 0.717) is 36.0 Å². The average molecular weight is 465 g/mol. The highest BCUT2D eigenvalue weighted by atomic mass is 16.5. The fourth-order valence-corrected chi connectivity index (χ4v) is 3.82. The molecule has 35 heavy (non-hydrogen) atoms. The van der Waals surface area contributed by atoms with Crippen molar-refractivity contribution < 1.29 is 9.53 Å². The van der Waals surface area contributed by atoms with Gasteiger partial charge in [0.25, 0.3) is 0 Å². The van der Waals surface area contributed by atoms with Gasteiger partial charge in [-0.15, -0.1) is 0 Å². The largest absolute Gasteiger partial charge is 0.489 e. The Morgan fingerprint density at radius 1 is 0.971 bits per heavy atom. The molecular weight excluding hydrogens is 440 g/mol. The lowest BCUT2D eigenvalue weighted by molar-refractivity contribution is -0.119. The minimum absolute atomic E-state index is 0.0693. The molecule has 1 amide bonds. The summed E-state index contributed by atoms with van der Waals surface area (Å²) < 4.78 is 7.72. The minimum atomic E-state index is -0.0693. The number of fused-ring (bicyclic) bond motifs is 1. The van der Waals surface area contributed by atoms with E-state index in [2.05, 4.69) is 15.4 Å². The number of hydrogen-bond acceptors (Lipinski definition) is 6. The van der Waals surface area contributed by atoms with E-state index in [0.717, 1.165) is 28.0 Å². The molecule has 0 aliphatic heterocycles. The van der Waals surface area contributed by atoms with Crippen LogP contribution in [0.1, 0.15) is 18.1 Å².